The summed E-state index contributed by atoms with van der Waals surface area (Å²) < 4.78 is 5.86. The van der Waals surface area contributed by atoms with E-state index in [4.69, 9.17) is 26.9 Å². The monoisotopic (exact) mass is 383 g/mol. The summed E-state index contributed by atoms with van der Waals surface area (Å²) in [5, 5.41) is 0. The quantitative estimate of drug-likeness (QED) is 0.280. The zero-order valence-electron chi connectivity index (χ0n) is 17.1. The minimum Gasteiger partial charge on any atom is -0.401 e. The Morgan fingerprint density at radius 1 is 1.19 bits per heavy atom. The first-order valence-corrected chi connectivity index (χ1v) is 9.80. The molecule has 3 atom stereocenters. The van der Waals surface area contributed by atoms with E-state index in [9.17, 15) is 4.79 Å². The van der Waals surface area contributed by atoms with Gasteiger partial charge in [0.15, 0.2) is 0 Å². The minimum atomic E-state index is -0.589. The third-order valence-corrected chi connectivity index (χ3v) is 5.59. The second-order valence-corrected chi connectivity index (χ2v) is 9.21. The van der Waals surface area contributed by atoms with Crippen molar-refractivity contribution in [2.24, 2.45) is 35.1 Å². The molecule has 1 fully saturated rings. The molecule has 1 amide bonds. The highest BCUT2D eigenvalue weighted by Crippen LogP contribution is 2.53. The summed E-state index contributed by atoms with van der Waals surface area (Å²) in [4.78, 5) is 16.9. The summed E-state index contributed by atoms with van der Waals surface area (Å²) in [6.07, 6.45) is 4.16. The first-order valence-electron chi connectivity index (χ1n) is 9.80. The van der Waals surface area contributed by atoms with E-state index in [1.165, 1.54) is 0 Å². The van der Waals surface area contributed by atoms with Crippen LogP contribution in [0.25, 0.3) is 0 Å². The summed E-state index contributed by atoms with van der Waals surface area (Å²) >= 11 is 0. The zero-order chi connectivity index (χ0) is 20.2. The highest BCUT2D eigenvalue weighted by molar-refractivity contribution is 5.74. The lowest BCUT2D eigenvalue weighted by atomic mass is 10.0. The molecule has 156 valence electrons. The van der Waals surface area contributed by atoms with Crippen LogP contribution in [0.1, 0.15) is 59.8 Å². The highest BCUT2D eigenvalue weighted by atomic mass is 16.6. The van der Waals surface area contributed by atoms with Crippen LogP contribution in [0.5, 0.6) is 0 Å². The molecule has 8 nitrogen and oxygen atoms in total. The molecule has 2 aliphatic carbocycles. The van der Waals surface area contributed by atoms with Gasteiger partial charge in [0.05, 0.1) is 30.8 Å². The van der Waals surface area contributed by atoms with Gasteiger partial charge in [0.25, 0.3) is 0 Å². The SMILES string of the molecule is CC(C)(COC(C)(C)CC(N)=O)NOCC1C2CC/C(N)=C(/NN)CCC21. The summed E-state index contributed by atoms with van der Waals surface area (Å²) in [5.41, 5.74) is 18.1. The van der Waals surface area contributed by atoms with Gasteiger partial charge in [0, 0.05) is 11.4 Å². The number of rotatable bonds is 10. The lowest BCUT2D eigenvalue weighted by Gasteiger charge is -2.31. The number of ether oxygens (including phenoxy) is 1. The maximum Gasteiger partial charge on any atom is 0.220 e. The third kappa shape index (κ3) is 6.64. The number of hydrogen-bond donors (Lipinski definition) is 5. The third-order valence-electron chi connectivity index (χ3n) is 5.59. The van der Waals surface area contributed by atoms with Crippen molar-refractivity contribution < 1.29 is 14.4 Å². The van der Waals surface area contributed by atoms with Gasteiger partial charge in [0.1, 0.15) is 0 Å². The average Bonchev–Trinajstić information content (AvgIpc) is 3.19. The summed E-state index contributed by atoms with van der Waals surface area (Å²) in [6, 6.07) is 0. The molecule has 0 bridgehead atoms. The molecule has 0 aromatic rings. The van der Waals surface area contributed by atoms with Crippen LogP contribution < -0.4 is 28.2 Å². The average molecular weight is 384 g/mol. The standard InChI is InChI=1S/C19H37N5O3/c1-18(2,11-26-19(3,4)9-17(21)25)24-27-10-14-12-5-7-15(20)16(23-22)8-6-13(12)14/h12-14,23-24H,5-11,20,22H2,1-4H3,(H2,21,25)/b16-15-. The van der Waals surface area contributed by atoms with Crippen LogP contribution in [0.3, 0.4) is 0 Å². The summed E-state index contributed by atoms with van der Waals surface area (Å²) in [6.45, 7) is 8.82. The Bertz CT molecular complexity index is 562. The molecule has 0 heterocycles. The van der Waals surface area contributed by atoms with Crippen LogP contribution in [0, 0.1) is 17.8 Å². The van der Waals surface area contributed by atoms with E-state index in [0.717, 1.165) is 37.1 Å². The zero-order valence-corrected chi connectivity index (χ0v) is 17.1. The molecule has 0 saturated heterocycles. The minimum absolute atomic E-state index is 0.187. The predicted molar refractivity (Wildman–Crippen MR) is 104 cm³/mol. The lowest BCUT2D eigenvalue weighted by Crippen LogP contribution is -2.46. The van der Waals surface area contributed by atoms with Gasteiger partial charge in [-0.25, -0.2) is 0 Å². The number of carbonyl (C=O) groups is 1. The fourth-order valence-corrected chi connectivity index (χ4v) is 3.95. The Morgan fingerprint density at radius 3 is 2.41 bits per heavy atom. The topological polar surface area (TPSA) is 138 Å². The van der Waals surface area contributed by atoms with Gasteiger partial charge in [-0.3, -0.25) is 10.6 Å². The van der Waals surface area contributed by atoms with Gasteiger partial charge in [0.2, 0.25) is 5.91 Å². The Balaban J connectivity index is 1.71. The molecule has 2 rings (SSSR count). The van der Waals surface area contributed by atoms with Gasteiger partial charge in [-0.2, -0.15) is 5.48 Å². The van der Waals surface area contributed by atoms with Crippen molar-refractivity contribution in [2.75, 3.05) is 13.2 Å². The number of amides is 1. The molecule has 27 heavy (non-hydrogen) atoms. The van der Waals surface area contributed by atoms with Gasteiger partial charge < -0.3 is 26.5 Å². The second kappa shape index (κ2) is 8.77. The fourth-order valence-electron chi connectivity index (χ4n) is 3.95. The van der Waals surface area contributed by atoms with Crippen molar-refractivity contribution in [1.29, 1.82) is 0 Å². The Kier molecular flexibility index (Phi) is 7.13. The molecule has 0 radical (unpaired) electrons. The molecule has 8 N–H and O–H groups in total. The Morgan fingerprint density at radius 2 is 1.81 bits per heavy atom. The van der Waals surface area contributed by atoms with Gasteiger partial charge >= 0.3 is 0 Å². The van der Waals surface area contributed by atoms with E-state index < -0.39 is 5.60 Å². The molecule has 0 aromatic carbocycles. The van der Waals surface area contributed by atoms with Crippen molar-refractivity contribution in [3.8, 4) is 0 Å². The van der Waals surface area contributed by atoms with Gasteiger partial charge in [-0.1, -0.05) is 0 Å². The van der Waals surface area contributed by atoms with Crippen molar-refractivity contribution >= 4 is 5.91 Å². The highest BCUT2D eigenvalue weighted by Gasteiger charge is 2.49. The number of allylic oxidation sites excluding steroid dienone is 2. The van der Waals surface area contributed by atoms with E-state index in [1.807, 2.05) is 27.7 Å². The molecule has 1 saturated carbocycles. The molecular formula is C19H37N5O3. The lowest BCUT2D eigenvalue weighted by molar-refractivity contribution is -0.128. The molecule has 0 spiro atoms. The largest absolute Gasteiger partial charge is 0.401 e. The van der Waals surface area contributed by atoms with Crippen molar-refractivity contribution in [2.45, 2.75) is 70.9 Å². The van der Waals surface area contributed by atoms with E-state index in [2.05, 4.69) is 10.9 Å². The van der Waals surface area contributed by atoms with E-state index in [-0.39, 0.29) is 17.9 Å². The number of carbonyl (C=O) groups excluding carboxylic acids is 1. The first kappa shape index (κ1) is 21.9. The predicted octanol–water partition coefficient (Wildman–Crippen LogP) is 1.03. The van der Waals surface area contributed by atoms with E-state index in [1.54, 1.807) is 0 Å². The number of fused-ring (bicyclic) bond motifs is 1. The van der Waals surface area contributed by atoms with Crippen LogP contribution in [-0.4, -0.2) is 30.3 Å². The summed E-state index contributed by atoms with van der Waals surface area (Å²) in [5.74, 6) is 7.11. The number of nitrogens with one attached hydrogen (secondary N) is 2. The molecule has 3 unspecified atom stereocenters. The summed E-state index contributed by atoms with van der Waals surface area (Å²) in [7, 11) is 0. The molecule has 2 aliphatic rings. The van der Waals surface area contributed by atoms with Gasteiger partial charge in [-0.05, 0) is 71.1 Å². The Hall–Kier alpha value is -1.35. The van der Waals surface area contributed by atoms with Gasteiger partial charge in [-0.15, -0.1) is 0 Å². The van der Waals surface area contributed by atoms with Crippen LogP contribution in [0.15, 0.2) is 11.4 Å². The van der Waals surface area contributed by atoms with E-state index >= 15 is 0 Å². The first-order chi connectivity index (χ1) is 12.5. The van der Waals surface area contributed by atoms with Crippen LogP contribution >= 0.6 is 0 Å². The van der Waals surface area contributed by atoms with Crippen LogP contribution in [0.2, 0.25) is 0 Å². The van der Waals surface area contributed by atoms with Crippen LogP contribution in [0.4, 0.5) is 0 Å². The van der Waals surface area contributed by atoms with Crippen molar-refractivity contribution in [1.82, 2.24) is 10.9 Å². The fraction of sp³-hybridized carbons (Fsp3) is 0.842. The molecule has 0 aliphatic heterocycles. The number of primary amides is 1. The molecule has 8 heteroatoms. The Labute approximate surface area is 162 Å². The number of hydrogen-bond acceptors (Lipinski definition) is 7. The number of hydrazine groups is 1. The van der Waals surface area contributed by atoms with Crippen LogP contribution in [-0.2, 0) is 14.4 Å². The maximum absolute atomic E-state index is 11.1. The number of hydroxylamine groups is 1. The molecular weight excluding hydrogens is 346 g/mol. The van der Waals surface area contributed by atoms with E-state index in [0.29, 0.717) is 31.0 Å². The van der Waals surface area contributed by atoms with Crippen molar-refractivity contribution in [3.63, 3.8) is 0 Å². The maximum atomic E-state index is 11.1. The number of nitrogens with two attached hydrogens (primary N) is 3. The smallest absolute Gasteiger partial charge is 0.220 e. The van der Waals surface area contributed by atoms with Crippen molar-refractivity contribution in [3.05, 3.63) is 11.4 Å². The second-order valence-electron chi connectivity index (χ2n) is 9.21. The molecule has 0 aromatic heterocycles. The normalized spacial score (nSPS) is 28.9.